The zero-order chi connectivity index (χ0) is 20.1. The van der Waals surface area contributed by atoms with Gasteiger partial charge in [0.05, 0.1) is 17.9 Å². The van der Waals surface area contributed by atoms with Crippen molar-refractivity contribution in [2.24, 2.45) is 0 Å². The van der Waals surface area contributed by atoms with Crippen molar-refractivity contribution < 1.29 is 19.0 Å². The summed E-state index contributed by atoms with van der Waals surface area (Å²) in [6.07, 6.45) is 6.46. The summed E-state index contributed by atoms with van der Waals surface area (Å²) < 4.78 is 22.1. The van der Waals surface area contributed by atoms with Crippen molar-refractivity contribution in [2.45, 2.75) is 64.2 Å². The number of ether oxygens (including phenoxy) is 1. The molecule has 1 aliphatic carbocycles. The lowest BCUT2D eigenvalue weighted by atomic mass is 9.92. The van der Waals surface area contributed by atoms with Crippen molar-refractivity contribution in [1.29, 1.82) is 0 Å². The van der Waals surface area contributed by atoms with Gasteiger partial charge in [0.1, 0.15) is 18.0 Å². The van der Waals surface area contributed by atoms with E-state index in [1.54, 1.807) is 6.20 Å². The second-order valence-corrected chi connectivity index (χ2v) is 8.43. The quantitative estimate of drug-likeness (QED) is 0.798. The van der Waals surface area contributed by atoms with Crippen LogP contribution in [0.1, 0.15) is 51.6 Å². The van der Waals surface area contributed by atoms with Crippen molar-refractivity contribution in [3.8, 4) is 16.9 Å². The Bertz CT molecular complexity index is 899. The number of hydrogen-bond donors (Lipinski definition) is 1. The average molecular weight is 387 g/mol. The third-order valence-corrected chi connectivity index (χ3v) is 5.35. The zero-order valence-electron chi connectivity index (χ0n) is 16.5. The minimum absolute atomic E-state index is 0.101. The first-order chi connectivity index (χ1) is 13.2. The Hall–Kier alpha value is -2.57. The van der Waals surface area contributed by atoms with Gasteiger partial charge in [0.2, 0.25) is 0 Å². The van der Waals surface area contributed by atoms with E-state index in [4.69, 9.17) is 4.74 Å². The maximum absolute atomic E-state index is 14.2. The van der Waals surface area contributed by atoms with E-state index < -0.39 is 11.8 Å². The number of carboxylic acid groups (broad SMARTS) is 1. The Balaban J connectivity index is 1.80. The van der Waals surface area contributed by atoms with Gasteiger partial charge in [0, 0.05) is 28.9 Å². The molecule has 0 saturated heterocycles. The van der Waals surface area contributed by atoms with Gasteiger partial charge in [-0.1, -0.05) is 0 Å². The Morgan fingerprint density at radius 2 is 2.11 bits per heavy atom. The van der Waals surface area contributed by atoms with Gasteiger partial charge < -0.3 is 9.84 Å². The van der Waals surface area contributed by atoms with Crippen LogP contribution in [0.3, 0.4) is 0 Å². The van der Waals surface area contributed by atoms with E-state index in [9.17, 15) is 14.3 Å². The number of anilines is 1. The normalized spacial score (nSPS) is 19.4. The van der Waals surface area contributed by atoms with Gasteiger partial charge in [-0.15, -0.1) is 0 Å². The van der Waals surface area contributed by atoms with Gasteiger partial charge in [-0.05, 0) is 58.6 Å². The van der Waals surface area contributed by atoms with Gasteiger partial charge in [-0.2, -0.15) is 5.10 Å². The number of aromatic nitrogens is 2. The molecule has 4 rings (SSSR count). The molecule has 0 bridgehead atoms. The van der Waals surface area contributed by atoms with Crippen LogP contribution in [-0.4, -0.2) is 39.3 Å². The van der Waals surface area contributed by atoms with Gasteiger partial charge in [-0.3, -0.25) is 9.58 Å². The van der Waals surface area contributed by atoms with E-state index in [2.05, 4.69) is 5.10 Å². The summed E-state index contributed by atoms with van der Waals surface area (Å²) in [6.45, 7) is 4.74. The van der Waals surface area contributed by atoms with Crippen molar-refractivity contribution in [2.75, 3.05) is 11.5 Å². The molecule has 2 aliphatic rings. The Labute approximate surface area is 163 Å². The molecule has 7 heteroatoms. The summed E-state index contributed by atoms with van der Waals surface area (Å²) in [5, 5.41) is 14.1. The fraction of sp³-hybridized carbons (Fsp3) is 0.524. The van der Waals surface area contributed by atoms with E-state index in [0.717, 1.165) is 29.5 Å². The fourth-order valence-corrected chi connectivity index (χ4v) is 3.75. The largest absolute Gasteiger partial charge is 0.489 e. The lowest BCUT2D eigenvalue weighted by Crippen LogP contribution is -2.41. The van der Waals surface area contributed by atoms with Crippen LogP contribution < -0.4 is 9.64 Å². The zero-order valence-corrected chi connectivity index (χ0v) is 16.5. The van der Waals surface area contributed by atoms with Gasteiger partial charge in [0.15, 0.2) is 0 Å². The molecule has 1 fully saturated rings. The standard InChI is InChI=1S/C21H26FN3O3/c1-13-4-7-17-18(25(13)20(26)27)9-8-16(19(17)28-12-21(2,3)22)14-10-23-24(11-14)15-5-6-15/h8-11,13,15H,4-7,12H2,1-3H3,(H,26,27)/t13-/m0/s1. The van der Waals surface area contributed by atoms with Crippen molar-refractivity contribution in [1.82, 2.24) is 9.78 Å². The Kier molecular flexibility index (Phi) is 4.56. The topological polar surface area (TPSA) is 67.6 Å². The smallest absolute Gasteiger partial charge is 0.412 e. The molecule has 0 unspecified atom stereocenters. The number of benzene rings is 1. The number of carbonyl (C=O) groups is 1. The van der Waals surface area contributed by atoms with Crippen molar-refractivity contribution in [3.63, 3.8) is 0 Å². The highest BCUT2D eigenvalue weighted by Gasteiger charge is 2.32. The van der Waals surface area contributed by atoms with Crippen molar-refractivity contribution >= 4 is 11.8 Å². The Morgan fingerprint density at radius 3 is 2.75 bits per heavy atom. The number of alkyl halides is 1. The summed E-state index contributed by atoms with van der Waals surface area (Å²) in [7, 11) is 0. The molecule has 28 heavy (non-hydrogen) atoms. The number of hydrogen-bond acceptors (Lipinski definition) is 3. The van der Waals surface area contributed by atoms with E-state index in [1.165, 1.54) is 18.7 Å². The third-order valence-electron chi connectivity index (χ3n) is 5.35. The van der Waals surface area contributed by atoms with Crippen LogP contribution in [0.25, 0.3) is 11.1 Å². The lowest BCUT2D eigenvalue weighted by molar-refractivity contribution is 0.120. The van der Waals surface area contributed by atoms with Gasteiger partial charge in [0.25, 0.3) is 0 Å². The molecular weight excluding hydrogens is 361 g/mol. The maximum Gasteiger partial charge on any atom is 0.412 e. The van der Waals surface area contributed by atoms with Gasteiger partial charge >= 0.3 is 6.09 Å². The molecule has 1 atom stereocenters. The van der Waals surface area contributed by atoms with E-state index in [-0.39, 0.29) is 12.6 Å². The highest BCUT2D eigenvalue weighted by Crippen LogP contribution is 2.44. The number of fused-ring (bicyclic) bond motifs is 1. The van der Waals surface area contributed by atoms with Crippen LogP contribution in [0.4, 0.5) is 14.9 Å². The molecule has 150 valence electrons. The molecule has 0 spiro atoms. The summed E-state index contributed by atoms with van der Waals surface area (Å²) in [5.74, 6) is 0.566. The number of halogens is 1. The predicted molar refractivity (Wildman–Crippen MR) is 105 cm³/mol. The molecule has 1 aromatic heterocycles. The highest BCUT2D eigenvalue weighted by molar-refractivity contribution is 5.91. The van der Waals surface area contributed by atoms with Crippen molar-refractivity contribution in [3.05, 3.63) is 30.1 Å². The summed E-state index contributed by atoms with van der Waals surface area (Å²) in [6, 6.07) is 4.04. The molecule has 6 nitrogen and oxygen atoms in total. The monoisotopic (exact) mass is 387 g/mol. The van der Waals surface area contributed by atoms with Crippen LogP contribution in [0.15, 0.2) is 24.5 Å². The van der Waals surface area contributed by atoms with Crippen LogP contribution in [0.2, 0.25) is 0 Å². The molecule has 0 radical (unpaired) electrons. The predicted octanol–water partition coefficient (Wildman–Crippen LogP) is 4.83. The minimum Gasteiger partial charge on any atom is -0.489 e. The van der Waals surface area contributed by atoms with Gasteiger partial charge in [-0.25, -0.2) is 9.18 Å². The second kappa shape index (κ2) is 6.79. The minimum atomic E-state index is -1.49. The van der Waals surface area contributed by atoms with Crippen LogP contribution in [-0.2, 0) is 6.42 Å². The number of nitrogens with zero attached hydrogens (tertiary/aromatic N) is 3. The third kappa shape index (κ3) is 3.57. The Morgan fingerprint density at radius 1 is 1.36 bits per heavy atom. The second-order valence-electron chi connectivity index (χ2n) is 8.43. The molecule has 1 aliphatic heterocycles. The molecule has 2 heterocycles. The van der Waals surface area contributed by atoms with Crippen LogP contribution in [0, 0.1) is 0 Å². The first-order valence-corrected chi connectivity index (χ1v) is 9.79. The number of amides is 1. The summed E-state index contributed by atoms with van der Waals surface area (Å²) in [5.41, 5.74) is 1.68. The van der Waals surface area contributed by atoms with E-state index in [1.807, 2.05) is 29.9 Å². The van der Waals surface area contributed by atoms with E-state index in [0.29, 0.717) is 30.3 Å². The van der Waals surface area contributed by atoms with E-state index >= 15 is 0 Å². The number of rotatable bonds is 5. The molecule has 2 aromatic rings. The average Bonchev–Trinajstić information content (AvgIpc) is 3.35. The first-order valence-electron chi connectivity index (χ1n) is 9.79. The molecule has 1 saturated carbocycles. The maximum atomic E-state index is 14.2. The summed E-state index contributed by atoms with van der Waals surface area (Å²) in [4.78, 5) is 13.2. The summed E-state index contributed by atoms with van der Waals surface area (Å²) >= 11 is 0. The lowest BCUT2D eigenvalue weighted by Gasteiger charge is -2.34. The SMILES string of the molecule is C[C@H]1CCc2c(ccc(-c3cnn(C4CC4)c3)c2OCC(C)(C)F)N1C(=O)O. The molecule has 1 N–H and O–H groups in total. The highest BCUT2D eigenvalue weighted by atomic mass is 19.1. The molecular formula is C21H26FN3O3. The fourth-order valence-electron chi connectivity index (χ4n) is 3.75. The molecule has 1 amide bonds. The first kappa shape index (κ1) is 18.8. The van der Waals surface area contributed by atoms with Crippen LogP contribution >= 0.6 is 0 Å². The molecule has 1 aromatic carbocycles. The van der Waals surface area contributed by atoms with Crippen LogP contribution in [0.5, 0.6) is 5.75 Å².